The Labute approximate surface area is 118 Å². The summed E-state index contributed by atoms with van der Waals surface area (Å²) < 4.78 is 5.32. The van der Waals surface area contributed by atoms with Crippen molar-refractivity contribution in [1.82, 2.24) is 0 Å². The molecule has 0 aliphatic carbocycles. The van der Waals surface area contributed by atoms with Gasteiger partial charge in [0.25, 0.3) is 0 Å². The van der Waals surface area contributed by atoms with E-state index in [1.807, 2.05) is 11.0 Å². The van der Waals surface area contributed by atoms with E-state index in [-0.39, 0.29) is 0 Å². The van der Waals surface area contributed by atoms with Gasteiger partial charge in [-0.3, -0.25) is 4.79 Å². The minimum absolute atomic E-state index is 0.430. The van der Waals surface area contributed by atoms with Gasteiger partial charge in [-0.05, 0) is 24.6 Å². The van der Waals surface area contributed by atoms with E-state index < -0.39 is 11.9 Å². The van der Waals surface area contributed by atoms with Gasteiger partial charge in [-0.25, -0.2) is 0 Å². The van der Waals surface area contributed by atoms with Crippen molar-refractivity contribution in [1.29, 1.82) is 0 Å². The summed E-state index contributed by atoms with van der Waals surface area (Å²) in [4.78, 5) is 13.0. The van der Waals surface area contributed by atoms with Crippen LogP contribution in [0.2, 0.25) is 5.02 Å². The number of benzene rings is 1. The Balaban J connectivity index is 3.03. The number of carbonyl (C=O) groups is 1. The Bertz CT molecular complexity index is 437. The highest BCUT2D eigenvalue weighted by molar-refractivity contribution is 6.30. The molecule has 1 aromatic rings. The molecule has 0 saturated carbocycles. The third-order valence-electron chi connectivity index (χ3n) is 2.89. The van der Waals surface area contributed by atoms with Gasteiger partial charge in [0.1, 0.15) is 5.75 Å². The number of anilines is 1. The van der Waals surface area contributed by atoms with Gasteiger partial charge < -0.3 is 14.7 Å². The summed E-state index contributed by atoms with van der Waals surface area (Å²) in [6.07, 6.45) is 0.919. The Kier molecular flexibility index (Phi) is 5.96. The monoisotopic (exact) mass is 285 g/mol. The number of rotatable bonds is 7. The summed E-state index contributed by atoms with van der Waals surface area (Å²) in [5.41, 5.74) is 0.838. The van der Waals surface area contributed by atoms with Crippen LogP contribution < -0.4 is 9.64 Å². The van der Waals surface area contributed by atoms with Crippen LogP contribution in [0.5, 0.6) is 5.75 Å². The lowest BCUT2D eigenvalue weighted by atomic mass is 10.1. The summed E-state index contributed by atoms with van der Waals surface area (Å²) in [5.74, 6) is -0.548. The van der Waals surface area contributed by atoms with E-state index in [0.717, 1.165) is 18.7 Å². The molecule has 1 unspecified atom stereocenters. The molecule has 4 nitrogen and oxygen atoms in total. The summed E-state index contributed by atoms with van der Waals surface area (Å²) >= 11 is 6.02. The van der Waals surface area contributed by atoms with E-state index in [0.29, 0.717) is 17.3 Å². The zero-order valence-electron chi connectivity index (χ0n) is 11.5. The largest absolute Gasteiger partial charge is 0.495 e. The van der Waals surface area contributed by atoms with Crippen LogP contribution in [0.3, 0.4) is 0 Å². The molecule has 1 aromatic carbocycles. The Morgan fingerprint density at radius 2 is 2.21 bits per heavy atom. The average molecular weight is 286 g/mol. The second kappa shape index (κ2) is 7.24. The van der Waals surface area contributed by atoms with Crippen molar-refractivity contribution in [2.75, 3.05) is 25.1 Å². The molecule has 0 spiro atoms. The van der Waals surface area contributed by atoms with Crippen molar-refractivity contribution < 1.29 is 14.6 Å². The summed E-state index contributed by atoms with van der Waals surface area (Å²) in [5, 5.41) is 9.65. The first-order valence-corrected chi connectivity index (χ1v) is 6.68. The molecule has 0 radical (unpaired) electrons. The topological polar surface area (TPSA) is 49.8 Å². The van der Waals surface area contributed by atoms with E-state index in [1.54, 1.807) is 26.2 Å². The van der Waals surface area contributed by atoms with Gasteiger partial charge in [0.2, 0.25) is 0 Å². The first-order valence-electron chi connectivity index (χ1n) is 6.30. The molecule has 106 valence electrons. The predicted molar refractivity (Wildman–Crippen MR) is 77.3 cm³/mol. The number of hydrogen-bond acceptors (Lipinski definition) is 3. The SMILES string of the molecule is CCCN(CC(C)C(=O)O)c1cc(Cl)ccc1OC. The van der Waals surface area contributed by atoms with Crippen LogP contribution in [0.4, 0.5) is 5.69 Å². The highest BCUT2D eigenvalue weighted by atomic mass is 35.5. The second-order valence-electron chi connectivity index (χ2n) is 4.50. The number of aliphatic carboxylic acids is 1. The van der Waals surface area contributed by atoms with E-state index in [9.17, 15) is 4.79 Å². The van der Waals surface area contributed by atoms with Gasteiger partial charge in [0, 0.05) is 18.1 Å². The molecule has 0 bridgehead atoms. The highest BCUT2D eigenvalue weighted by Crippen LogP contribution is 2.31. The molecule has 0 aliphatic heterocycles. The minimum Gasteiger partial charge on any atom is -0.495 e. The molecule has 19 heavy (non-hydrogen) atoms. The minimum atomic E-state index is -0.804. The number of carboxylic acids is 1. The zero-order valence-corrected chi connectivity index (χ0v) is 12.3. The molecule has 1 N–H and O–H groups in total. The van der Waals surface area contributed by atoms with Crippen molar-refractivity contribution in [3.8, 4) is 5.75 Å². The number of hydrogen-bond donors (Lipinski definition) is 1. The lowest BCUT2D eigenvalue weighted by molar-refractivity contribution is -0.140. The molecule has 1 rings (SSSR count). The normalized spacial score (nSPS) is 12.0. The molecule has 0 aromatic heterocycles. The number of carboxylic acid groups (broad SMARTS) is 1. The fourth-order valence-corrected chi connectivity index (χ4v) is 2.07. The molecular formula is C14H20ClNO3. The van der Waals surface area contributed by atoms with Gasteiger partial charge in [-0.1, -0.05) is 25.4 Å². The smallest absolute Gasteiger partial charge is 0.308 e. The van der Waals surface area contributed by atoms with Crippen LogP contribution in [-0.4, -0.2) is 31.3 Å². The maximum atomic E-state index is 11.0. The van der Waals surface area contributed by atoms with E-state index in [4.69, 9.17) is 21.4 Å². The van der Waals surface area contributed by atoms with Crippen LogP contribution in [0.25, 0.3) is 0 Å². The predicted octanol–water partition coefficient (Wildman–Crippen LogP) is 3.29. The molecule has 0 amide bonds. The van der Waals surface area contributed by atoms with Crippen molar-refractivity contribution in [3.63, 3.8) is 0 Å². The van der Waals surface area contributed by atoms with Crippen molar-refractivity contribution in [2.45, 2.75) is 20.3 Å². The van der Waals surface area contributed by atoms with Crippen molar-refractivity contribution in [2.24, 2.45) is 5.92 Å². The maximum Gasteiger partial charge on any atom is 0.308 e. The van der Waals surface area contributed by atoms with Crippen molar-refractivity contribution in [3.05, 3.63) is 23.2 Å². The standard InChI is InChI=1S/C14H20ClNO3/c1-4-7-16(9-10(2)14(17)18)12-8-11(15)5-6-13(12)19-3/h5-6,8,10H,4,7,9H2,1-3H3,(H,17,18). The quantitative estimate of drug-likeness (QED) is 0.835. The molecule has 0 aliphatic rings. The van der Waals surface area contributed by atoms with Gasteiger partial charge in [0.15, 0.2) is 0 Å². The zero-order chi connectivity index (χ0) is 14.4. The number of methoxy groups -OCH3 is 1. The molecule has 5 heteroatoms. The van der Waals surface area contributed by atoms with Crippen LogP contribution in [0.15, 0.2) is 18.2 Å². The van der Waals surface area contributed by atoms with Gasteiger partial charge >= 0.3 is 5.97 Å². The van der Waals surface area contributed by atoms with Gasteiger partial charge in [0.05, 0.1) is 18.7 Å². The first-order chi connectivity index (χ1) is 8.99. The average Bonchev–Trinajstić information content (AvgIpc) is 2.37. The third-order valence-corrected chi connectivity index (χ3v) is 3.13. The number of nitrogens with zero attached hydrogens (tertiary/aromatic N) is 1. The molecule has 0 saturated heterocycles. The fraction of sp³-hybridized carbons (Fsp3) is 0.500. The Morgan fingerprint density at radius 1 is 1.53 bits per heavy atom. The molecule has 0 fully saturated rings. The van der Waals surface area contributed by atoms with Crippen LogP contribution in [-0.2, 0) is 4.79 Å². The molecular weight excluding hydrogens is 266 g/mol. The Morgan fingerprint density at radius 3 is 2.74 bits per heavy atom. The van der Waals surface area contributed by atoms with Crippen LogP contribution in [0, 0.1) is 5.92 Å². The van der Waals surface area contributed by atoms with Crippen LogP contribution in [0.1, 0.15) is 20.3 Å². The first kappa shape index (κ1) is 15.6. The lowest BCUT2D eigenvalue weighted by Gasteiger charge is -2.27. The lowest BCUT2D eigenvalue weighted by Crippen LogP contribution is -2.32. The maximum absolute atomic E-state index is 11.0. The Hall–Kier alpha value is -1.42. The van der Waals surface area contributed by atoms with Crippen LogP contribution >= 0.6 is 11.6 Å². The highest BCUT2D eigenvalue weighted by Gasteiger charge is 2.19. The van der Waals surface area contributed by atoms with E-state index >= 15 is 0 Å². The summed E-state index contributed by atoms with van der Waals surface area (Å²) in [7, 11) is 1.59. The summed E-state index contributed by atoms with van der Waals surface area (Å²) in [6.45, 7) is 4.94. The third kappa shape index (κ3) is 4.31. The van der Waals surface area contributed by atoms with E-state index in [1.165, 1.54) is 0 Å². The van der Waals surface area contributed by atoms with Crippen molar-refractivity contribution >= 4 is 23.3 Å². The van der Waals surface area contributed by atoms with E-state index in [2.05, 4.69) is 6.92 Å². The number of ether oxygens (including phenoxy) is 1. The van der Waals surface area contributed by atoms with Gasteiger partial charge in [-0.2, -0.15) is 0 Å². The molecule has 0 heterocycles. The van der Waals surface area contributed by atoms with Gasteiger partial charge in [-0.15, -0.1) is 0 Å². The summed E-state index contributed by atoms with van der Waals surface area (Å²) in [6, 6.07) is 5.37. The molecule has 1 atom stereocenters. The second-order valence-corrected chi connectivity index (χ2v) is 4.94. The fourth-order valence-electron chi connectivity index (χ4n) is 1.90. The number of halogens is 1.